The zero-order chi connectivity index (χ0) is 21.6. The van der Waals surface area contributed by atoms with Crippen molar-refractivity contribution in [2.75, 3.05) is 47.5 Å². The summed E-state index contributed by atoms with van der Waals surface area (Å²) in [6.45, 7) is 4.58. The first-order valence-corrected chi connectivity index (χ1v) is 11.5. The van der Waals surface area contributed by atoms with E-state index in [2.05, 4.69) is 0 Å². The third kappa shape index (κ3) is 6.17. The number of carbonyl (C=O) groups is 1. The highest BCUT2D eigenvalue weighted by atomic mass is 32.2. The van der Waals surface area contributed by atoms with Crippen LogP contribution in [0.4, 0.5) is 0 Å². The van der Waals surface area contributed by atoms with E-state index in [0.29, 0.717) is 22.8 Å². The van der Waals surface area contributed by atoms with Crippen LogP contribution in [-0.2, 0) is 19.6 Å². The van der Waals surface area contributed by atoms with Crippen molar-refractivity contribution in [2.24, 2.45) is 5.92 Å². The van der Waals surface area contributed by atoms with Crippen molar-refractivity contribution in [3.8, 4) is 5.75 Å². The predicted molar refractivity (Wildman–Crippen MR) is 113 cm³/mol. The monoisotopic (exact) mass is 426 g/mol. The summed E-state index contributed by atoms with van der Waals surface area (Å²) in [6, 6.07) is 3.42. The summed E-state index contributed by atoms with van der Waals surface area (Å²) in [5, 5.41) is 0. The predicted octanol–water partition coefficient (Wildman–Crippen LogP) is 2.60. The topological polar surface area (TPSA) is 76.1 Å². The van der Waals surface area contributed by atoms with Crippen molar-refractivity contribution >= 4 is 15.9 Å². The standard InChI is InChI=1S/C21H34N2O5S/c1-16-12-19(27-5)13-17(2)21(16)29(25,26)23(4)10-11-28-15-20(24)22(3)14-18-8-6-7-9-18/h12-13,18H,6-11,14-15H2,1-5H3. The van der Waals surface area contributed by atoms with Crippen molar-refractivity contribution in [3.63, 3.8) is 0 Å². The van der Waals surface area contributed by atoms with Gasteiger partial charge in [-0.1, -0.05) is 12.8 Å². The molecular weight excluding hydrogens is 392 g/mol. The molecule has 1 fully saturated rings. The fourth-order valence-corrected chi connectivity index (χ4v) is 5.41. The maximum atomic E-state index is 13.0. The van der Waals surface area contributed by atoms with Crippen LogP contribution in [-0.4, -0.2) is 71.0 Å². The van der Waals surface area contributed by atoms with E-state index in [1.807, 2.05) is 0 Å². The van der Waals surface area contributed by atoms with Crippen LogP contribution in [0.3, 0.4) is 0 Å². The zero-order valence-corrected chi connectivity index (χ0v) is 19.0. The first-order chi connectivity index (χ1) is 13.7. The number of carbonyl (C=O) groups excluding carboxylic acids is 1. The van der Waals surface area contributed by atoms with E-state index in [1.54, 1.807) is 45.0 Å². The molecule has 1 aliphatic carbocycles. The lowest BCUT2D eigenvalue weighted by Crippen LogP contribution is -2.35. The normalized spacial score (nSPS) is 15.1. The van der Waals surface area contributed by atoms with E-state index in [1.165, 1.54) is 37.0 Å². The summed E-state index contributed by atoms with van der Waals surface area (Å²) >= 11 is 0. The Hall–Kier alpha value is -1.64. The molecule has 7 nitrogen and oxygen atoms in total. The highest BCUT2D eigenvalue weighted by Gasteiger charge is 2.25. The number of hydrogen-bond donors (Lipinski definition) is 0. The van der Waals surface area contributed by atoms with Gasteiger partial charge in [-0.05, 0) is 55.9 Å². The molecule has 1 aromatic rings. The van der Waals surface area contributed by atoms with Gasteiger partial charge in [0.05, 0.1) is 18.6 Å². The lowest BCUT2D eigenvalue weighted by atomic mass is 10.1. The van der Waals surface area contributed by atoms with Crippen LogP contribution < -0.4 is 4.74 Å². The number of aryl methyl sites for hydroxylation is 2. The SMILES string of the molecule is COc1cc(C)c(S(=O)(=O)N(C)CCOCC(=O)N(C)CC2CCCC2)c(C)c1. The summed E-state index contributed by atoms with van der Waals surface area (Å²) in [5.41, 5.74) is 1.27. The van der Waals surface area contributed by atoms with Crippen LogP contribution in [0.5, 0.6) is 5.75 Å². The number of nitrogens with zero attached hydrogens (tertiary/aromatic N) is 2. The summed E-state index contributed by atoms with van der Waals surface area (Å²) in [7, 11) is 1.22. The fourth-order valence-electron chi connectivity index (χ4n) is 3.86. The van der Waals surface area contributed by atoms with Crippen LogP contribution in [0.15, 0.2) is 17.0 Å². The Morgan fingerprint density at radius 1 is 1.14 bits per heavy atom. The molecule has 29 heavy (non-hydrogen) atoms. The molecule has 0 spiro atoms. The second kappa shape index (κ2) is 10.4. The lowest BCUT2D eigenvalue weighted by molar-refractivity contribution is -0.135. The smallest absolute Gasteiger partial charge is 0.248 e. The van der Waals surface area contributed by atoms with Crippen LogP contribution in [0, 0.1) is 19.8 Å². The molecule has 164 valence electrons. The number of amides is 1. The second-order valence-electron chi connectivity index (χ2n) is 7.89. The van der Waals surface area contributed by atoms with Gasteiger partial charge in [-0.15, -0.1) is 0 Å². The van der Waals surface area contributed by atoms with Crippen molar-refractivity contribution in [1.29, 1.82) is 0 Å². The Balaban J connectivity index is 1.85. The van der Waals surface area contributed by atoms with Gasteiger partial charge in [-0.25, -0.2) is 8.42 Å². The number of hydrogen-bond acceptors (Lipinski definition) is 5. The van der Waals surface area contributed by atoms with Gasteiger partial charge in [0.1, 0.15) is 12.4 Å². The minimum absolute atomic E-state index is 0.0301. The second-order valence-corrected chi connectivity index (χ2v) is 9.88. The molecule has 0 unspecified atom stereocenters. The van der Waals surface area contributed by atoms with Crippen molar-refractivity contribution < 1.29 is 22.7 Å². The molecule has 1 aliphatic rings. The highest BCUT2D eigenvalue weighted by molar-refractivity contribution is 7.89. The molecule has 0 heterocycles. The van der Waals surface area contributed by atoms with Gasteiger partial charge in [-0.2, -0.15) is 4.31 Å². The minimum atomic E-state index is -3.66. The van der Waals surface area contributed by atoms with Crippen LogP contribution >= 0.6 is 0 Å². The number of sulfonamides is 1. The Labute approximate surface area is 175 Å². The van der Waals surface area contributed by atoms with E-state index in [9.17, 15) is 13.2 Å². The number of rotatable bonds is 10. The molecule has 0 saturated heterocycles. The molecule has 0 N–H and O–H groups in total. The Kier molecular flexibility index (Phi) is 8.48. The van der Waals surface area contributed by atoms with E-state index in [4.69, 9.17) is 9.47 Å². The van der Waals surface area contributed by atoms with E-state index in [-0.39, 0.29) is 30.6 Å². The van der Waals surface area contributed by atoms with Gasteiger partial charge in [0.15, 0.2) is 0 Å². The summed E-state index contributed by atoms with van der Waals surface area (Å²) in [4.78, 5) is 14.2. The molecule has 8 heteroatoms. The first-order valence-electron chi connectivity index (χ1n) is 10.1. The van der Waals surface area contributed by atoms with Crippen molar-refractivity contribution in [1.82, 2.24) is 9.21 Å². The van der Waals surface area contributed by atoms with E-state index < -0.39 is 10.0 Å². The first kappa shape index (κ1) is 23.6. The van der Waals surface area contributed by atoms with Gasteiger partial charge in [0, 0.05) is 27.2 Å². The molecule has 1 saturated carbocycles. The summed E-state index contributed by atoms with van der Waals surface area (Å²) in [5.74, 6) is 1.16. The number of ether oxygens (including phenoxy) is 2. The minimum Gasteiger partial charge on any atom is -0.497 e. The van der Waals surface area contributed by atoms with E-state index in [0.717, 1.165) is 6.54 Å². The van der Waals surface area contributed by atoms with E-state index >= 15 is 0 Å². The summed E-state index contributed by atoms with van der Waals surface area (Å²) in [6.07, 6.45) is 4.87. The van der Waals surface area contributed by atoms with Gasteiger partial charge in [0.25, 0.3) is 0 Å². The Bertz CT molecular complexity index is 780. The van der Waals surface area contributed by atoms with Crippen LogP contribution in [0.2, 0.25) is 0 Å². The molecule has 1 aromatic carbocycles. The molecule has 0 aliphatic heterocycles. The molecule has 0 radical (unpaired) electrons. The average Bonchev–Trinajstić information content (AvgIpc) is 3.16. The highest BCUT2D eigenvalue weighted by Crippen LogP contribution is 2.28. The third-order valence-corrected chi connectivity index (χ3v) is 7.71. The van der Waals surface area contributed by atoms with Crippen molar-refractivity contribution in [3.05, 3.63) is 23.3 Å². The fraction of sp³-hybridized carbons (Fsp3) is 0.667. The molecule has 2 rings (SSSR count). The lowest BCUT2D eigenvalue weighted by Gasteiger charge is -2.22. The van der Waals surface area contributed by atoms with Gasteiger partial charge < -0.3 is 14.4 Å². The van der Waals surface area contributed by atoms with Crippen LogP contribution in [0.1, 0.15) is 36.8 Å². The molecular formula is C21H34N2O5S. The summed E-state index contributed by atoms with van der Waals surface area (Å²) < 4.78 is 37.8. The number of benzene rings is 1. The quantitative estimate of drug-likeness (QED) is 0.538. The number of likely N-dealkylation sites (N-methyl/N-ethyl adjacent to an activating group) is 2. The van der Waals surface area contributed by atoms with Gasteiger partial charge >= 0.3 is 0 Å². The molecule has 0 atom stereocenters. The van der Waals surface area contributed by atoms with Gasteiger partial charge in [-0.3, -0.25) is 4.79 Å². The van der Waals surface area contributed by atoms with Crippen molar-refractivity contribution in [2.45, 2.75) is 44.4 Å². The molecule has 0 aromatic heterocycles. The zero-order valence-electron chi connectivity index (χ0n) is 18.2. The largest absolute Gasteiger partial charge is 0.497 e. The third-order valence-electron chi connectivity index (χ3n) is 5.55. The molecule has 0 bridgehead atoms. The Morgan fingerprint density at radius 2 is 1.72 bits per heavy atom. The maximum absolute atomic E-state index is 13.0. The average molecular weight is 427 g/mol. The van der Waals surface area contributed by atoms with Crippen LogP contribution in [0.25, 0.3) is 0 Å². The Morgan fingerprint density at radius 3 is 2.28 bits per heavy atom. The maximum Gasteiger partial charge on any atom is 0.248 e. The van der Waals surface area contributed by atoms with Gasteiger partial charge in [0.2, 0.25) is 15.9 Å². The number of methoxy groups -OCH3 is 1. The molecule has 1 amide bonds.